The molecule has 6 heteroatoms. The number of aliphatic hydroxyl groups is 1. The minimum absolute atomic E-state index is 0.0252. The summed E-state index contributed by atoms with van der Waals surface area (Å²) in [6.07, 6.45) is 3.05. The minimum atomic E-state index is -0.179. The highest BCUT2D eigenvalue weighted by molar-refractivity contribution is 5.86. The monoisotopic (exact) mass is 276 g/mol. The van der Waals surface area contributed by atoms with Crippen LogP contribution in [0.25, 0.3) is 11.0 Å². The van der Waals surface area contributed by atoms with Crippen molar-refractivity contribution in [3.63, 3.8) is 0 Å². The van der Waals surface area contributed by atoms with E-state index in [-0.39, 0.29) is 30.3 Å². The summed E-state index contributed by atoms with van der Waals surface area (Å²) in [5.74, 6) is 0.713. The molecule has 0 bridgehead atoms. The zero-order valence-corrected chi connectivity index (χ0v) is 11.9. The zero-order chi connectivity index (χ0) is 14.5. The first kappa shape index (κ1) is 13.3. The number of hydrogen-bond acceptors (Lipinski definition) is 5. The van der Waals surface area contributed by atoms with Gasteiger partial charge in [0.25, 0.3) is 0 Å². The first-order chi connectivity index (χ1) is 9.46. The Labute approximate surface area is 117 Å². The van der Waals surface area contributed by atoms with Gasteiger partial charge < -0.3 is 20.1 Å². The van der Waals surface area contributed by atoms with Crippen LogP contribution in [0.5, 0.6) is 0 Å². The van der Waals surface area contributed by atoms with E-state index in [2.05, 4.69) is 30.7 Å². The lowest BCUT2D eigenvalue weighted by Gasteiger charge is -2.30. The van der Waals surface area contributed by atoms with Crippen LogP contribution in [0, 0.1) is 11.3 Å². The maximum atomic E-state index is 9.46. The lowest BCUT2D eigenvalue weighted by atomic mass is 9.78. The van der Waals surface area contributed by atoms with Gasteiger partial charge in [0.2, 0.25) is 0 Å². The minimum Gasteiger partial charge on any atom is -0.394 e. The maximum absolute atomic E-state index is 9.46. The number of nitrogens with two attached hydrogens (primary N) is 1. The molecule has 20 heavy (non-hydrogen) atoms. The number of nitrogen functional groups attached to an aromatic ring is 1. The molecule has 1 aliphatic heterocycles. The molecule has 0 unspecified atom stereocenters. The van der Waals surface area contributed by atoms with Gasteiger partial charge in [-0.2, -0.15) is 0 Å². The largest absolute Gasteiger partial charge is 0.394 e. The van der Waals surface area contributed by atoms with E-state index in [1.54, 1.807) is 0 Å². The van der Waals surface area contributed by atoms with Crippen molar-refractivity contribution in [3.05, 3.63) is 18.6 Å². The molecule has 2 aromatic heterocycles. The van der Waals surface area contributed by atoms with E-state index >= 15 is 0 Å². The number of rotatable bonds is 2. The van der Waals surface area contributed by atoms with Crippen LogP contribution < -0.4 is 5.73 Å². The van der Waals surface area contributed by atoms with Crippen molar-refractivity contribution in [2.45, 2.75) is 33.1 Å². The van der Waals surface area contributed by atoms with Crippen LogP contribution in [0.2, 0.25) is 0 Å². The average Bonchev–Trinajstić information content (AvgIpc) is 2.92. The van der Waals surface area contributed by atoms with Crippen LogP contribution in [0.3, 0.4) is 0 Å². The summed E-state index contributed by atoms with van der Waals surface area (Å²) in [7, 11) is 0. The summed E-state index contributed by atoms with van der Waals surface area (Å²) >= 11 is 0. The quantitative estimate of drug-likeness (QED) is 0.869. The zero-order valence-electron chi connectivity index (χ0n) is 11.9. The molecule has 3 atom stereocenters. The second kappa shape index (κ2) is 4.43. The average molecular weight is 276 g/mol. The topological polar surface area (TPSA) is 86.2 Å². The van der Waals surface area contributed by atoms with Crippen molar-refractivity contribution < 1.29 is 9.84 Å². The third-order valence-corrected chi connectivity index (χ3v) is 4.64. The highest BCUT2D eigenvalue weighted by atomic mass is 16.5. The third kappa shape index (κ3) is 1.72. The second-order valence-corrected chi connectivity index (χ2v) is 6.04. The van der Waals surface area contributed by atoms with Gasteiger partial charge in [0.05, 0.1) is 18.1 Å². The smallest absolute Gasteiger partial charge is 0.147 e. The Kier molecular flexibility index (Phi) is 2.95. The van der Waals surface area contributed by atoms with E-state index in [9.17, 15) is 5.11 Å². The molecule has 1 aliphatic rings. The second-order valence-electron chi connectivity index (χ2n) is 6.04. The maximum Gasteiger partial charge on any atom is 0.147 e. The molecule has 0 amide bonds. The number of aliphatic hydroxyl groups excluding tert-OH is 1. The fraction of sp³-hybridized carbons (Fsp3) is 0.571. The van der Waals surface area contributed by atoms with Gasteiger partial charge in [-0.3, -0.25) is 0 Å². The first-order valence-electron chi connectivity index (χ1n) is 6.80. The molecular formula is C14H20N4O2. The molecule has 0 radical (unpaired) electrons. The number of aromatic nitrogens is 3. The van der Waals surface area contributed by atoms with Crippen molar-refractivity contribution in [2.24, 2.45) is 11.3 Å². The molecule has 1 fully saturated rings. The number of anilines is 1. The molecule has 6 nitrogen and oxygen atoms in total. The summed E-state index contributed by atoms with van der Waals surface area (Å²) in [6.45, 7) is 6.43. The van der Waals surface area contributed by atoms with Crippen molar-refractivity contribution in [3.8, 4) is 0 Å². The van der Waals surface area contributed by atoms with Gasteiger partial charge in [-0.25, -0.2) is 9.97 Å². The van der Waals surface area contributed by atoms with E-state index in [1.165, 1.54) is 6.33 Å². The summed E-state index contributed by atoms with van der Waals surface area (Å²) in [6, 6.07) is 1.90. The van der Waals surface area contributed by atoms with Gasteiger partial charge in [0.1, 0.15) is 24.0 Å². The van der Waals surface area contributed by atoms with Crippen LogP contribution in [0.15, 0.2) is 18.6 Å². The molecule has 0 saturated carbocycles. The molecule has 3 heterocycles. The lowest BCUT2D eigenvalue weighted by molar-refractivity contribution is -0.0454. The van der Waals surface area contributed by atoms with Gasteiger partial charge in [0, 0.05) is 11.6 Å². The van der Waals surface area contributed by atoms with Gasteiger partial charge >= 0.3 is 0 Å². The first-order valence-corrected chi connectivity index (χ1v) is 6.80. The highest BCUT2D eigenvalue weighted by Gasteiger charge is 2.48. The molecule has 1 saturated heterocycles. The Morgan fingerprint density at radius 1 is 1.45 bits per heavy atom. The Bertz CT molecular complexity index is 637. The van der Waals surface area contributed by atoms with Crippen molar-refractivity contribution >= 4 is 16.9 Å². The normalized spacial score (nSPS) is 29.1. The molecular weight excluding hydrogens is 256 g/mol. The third-order valence-electron chi connectivity index (χ3n) is 4.64. The van der Waals surface area contributed by atoms with Gasteiger partial charge in [-0.1, -0.05) is 20.8 Å². The van der Waals surface area contributed by atoms with E-state index in [4.69, 9.17) is 10.5 Å². The standard InChI is InChI=1S/C14H20N4O2/c1-8-10(6-19)20-13(14(8,2)3)18-5-4-9-11(15)16-7-17-12(9)18/h4-5,7-8,10,13,19H,6H2,1-3H3,(H2,15,16,17)/t8-,10-,13-/m1/s1. The highest BCUT2D eigenvalue weighted by Crippen LogP contribution is 2.49. The van der Waals surface area contributed by atoms with Crippen LogP contribution >= 0.6 is 0 Å². The number of ether oxygens (including phenoxy) is 1. The number of hydrogen-bond donors (Lipinski definition) is 2. The Morgan fingerprint density at radius 2 is 2.20 bits per heavy atom. The molecule has 3 rings (SSSR count). The summed E-state index contributed by atoms with van der Waals surface area (Å²) < 4.78 is 8.03. The molecule has 0 spiro atoms. The lowest BCUT2D eigenvalue weighted by Crippen LogP contribution is -2.28. The Balaban J connectivity index is 2.10. The molecule has 108 valence electrons. The Morgan fingerprint density at radius 3 is 2.85 bits per heavy atom. The fourth-order valence-electron chi connectivity index (χ4n) is 2.97. The predicted molar refractivity (Wildman–Crippen MR) is 75.9 cm³/mol. The molecule has 0 aromatic carbocycles. The van der Waals surface area contributed by atoms with Crippen LogP contribution in [-0.2, 0) is 4.74 Å². The molecule has 3 N–H and O–H groups in total. The van der Waals surface area contributed by atoms with Gasteiger partial charge in [-0.05, 0) is 12.0 Å². The summed E-state index contributed by atoms with van der Waals surface area (Å²) in [5, 5.41) is 10.3. The summed E-state index contributed by atoms with van der Waals surface area (Å²) in [4.78, 5) is 8.32. The van der Waals surface area contributed by atoms with Crippen molar-refractivity contribution in [1.82, 2.24) is 14.5 Å². The Hall–Kier alpha value is -1.66. The van der Waals surface area contributed by atoms with Crippen molar-refractivity contribution in [2.75, 3.05) is 12.3 Å². The fourth-order valence-corrected chi connectivity index (χ4v) is 2.97. The van der Waals surface area contributed by atoms with E-state index in [1.807, 2.05) is 16.8 Å². The van der Waals surface area contributed by atoms with Crippen LogP contribution in [0.1, 0.15) is 27.0 Å². The van der Waals surface area contributed by atoms with Crippen LogP contribution in [-0.4, -0.2) is 32.4 Å². The number of nitrogens with zero attached hydrogens (tertiary/aromatic N) is 3. The predicted octanol–water partition coefficient (Wildman–Crippen LogP) is 1.57. The summed E-state index contributed by atoms with van der Waals surface area (Å²) in [5.41, 5.74) is 6.52. The van der Waals surface area contributed by atoms with Crippen LogP contribution in [0.4, 0.5) is 5.82 Å². The molecule has 0 aliphatic carbocycles. The van der Waals surface area contributed by atoms with Crippen molar-refractivity contribution in [1.29, 1.82) is 0 Å². The van der Waals surface area contributed by atoms with Gasteiger partial charge in [0.15, 0.2) is 0 Å². The van der Waals surface area contributed by atoms with E-state index in [0.717, 1.165) is 11.0 Å². The number of fused-ring (bicyclic) bond motifs is 1. The molecule has 2 aromatic rings. The van der Waals surface area contributed by atoms with Gasteiger partial charge in [-0.15, -0.1) is 0 Å². The van der Waals surface area contributed by atoms with E-state index < -0.39 is 0 Å². The van der Waals surface area contributed by atoms with E-state index in [0.29, 0.717) is 5.82 Å². The SMILES string of the molecule is C[C@@H]1[C@@H](CO)O[C@@H](n2ccc3c(N)ncnc32)C1(C)C.